The maximum Gasteiger partial charge on any atom is 1.00 e. The molecule has 0 unspecified atom stereocenters. The number of para-hydroxylation sites is 1. The fraction of sp³-hybridized carbons (Fsp3) is 0.455. The van der Waals surface area contributed by atoms with Gasteiger partial charge in [-0.3, -0.25) is 4.55 Å². The zero-order valence-corrected chi connectivity index (χ0v) is 12.9. The standard InChI is InChI=1S/C11H17NO3S.Na.H/c13-16(14,15)10-6-2-5-9-12-11-7-3-1-4-8-11;;/h1,3-4,7-8,12H,2,5-6,9-10H2,(H,13,14,15);;/q;+1;-1. The Balaban J connectivity index is 0. The predicted molar refractivity (Wildman–Crippen MR) is 66.3 cm³/mol. The van der Waals surface area contributed by atoms with Crippen LogP contribution in [0.1, 0.15) is 20.7 Å². The van der Waals surface area contributed by atoms with Gasteiger partial charge in [-0.1, -0.05) is 24.6 Å². The van der Waals surface area contributed by atoms with E-state index in [0.717, 1.165) is 25.1 Å². The maximum absolute atomic E-state index is 10.4. The van der Waals surface area contributed by atoms with Crippen molar-refractivity contribution in [1.29, 1.82) is 0 Å². The third kappa shape index (κ3) is 9.62. The van der Waals surface area contributed by atoms with Crippen molar-refractivity contribution in [3.8, 4) is 0 Å². The molecule has 0 atom stereocenters. The van der Waals surface area contributed by atoms with Crippen molar-refractivity contribution in [2.24, 2.45) is 0 Å². The second-order valence-corrected chi connectivity index (χ2v) is 5.21. The summed E-state index contributed by atoms with van der Waals surface area (Å²) in [6.45, 7) is 0.815. The van der Waals surface area contributed by atoms with Crippen molar-refractivity contribution >= 4 is 15.8 Å². The van der Waals surface area contributed by atoms with E-state index < -0.39 is 10.1 Å². The molecule has 4 nitrogen and oxygen atoms in total. The molecule has 6 heteroatoms. The Morgan fingerprint density at radius 2 is 1.76 bits per heavy atom. The molecule has 0 aliphatic rings. The Morgan fingerprint density at radius 1 is 1.12 bits per heavy atom. The Labute approximate surface area is 126 Å². The van der Waals surface area contributed by atoms with Gasteiger partial charge in [0.1, 0.15) is 0 Å². The summed E-state index contributed by atoms with van der Waals surface area (Å²) >= 11 is 0. The number of rotatable bonds is 7. The number of anilines is 1. The molecule has 92 valence electrons. The molecule has 0 spiro atoms. The van der Waals surface area contributed by atoms with Gasteiger partial charge in [-0.15, -0.1) is 0 Å². The zero-order chi connectivity index (χ0) is 11.9. The first-order chi connectivity index (χ1) is 7.58. The molecule has 0 bridgehead atoms. The molecular formula is C11H18NNaO3S. The van der Waals surface area contributed by atoms with E-state index in [1.165, 1.54) is 0 Å². The molecule has 1 aromatic rings. The predicted octanol–water partition coefficient (Wildman–Crippen LogP) is -0.727. The van der Waals surface area contributed by atoms with E-state index in [2.05, 4.69) is 5.32 Å². The second-order valence-electron chi connectivity index (χ2n) is 3.64. The molecule has 1 aromatic carbocycles. The minimum Gasteiger partial charge on any atom is -1.00 e. The van der Waals surface area contributed by atoms with Gasteiger partial charge in [0, 0.05) is 12.2 Å². The molecule has 0 fully saturated rings. The topological polar surface area (TPSA) is 66.4 Å². The van der Waals surface area contributed by atoms with Crippen molar-refractivity contribution < 1.29 is 44.0 Å². The van der Waals surface area contributed by atoms with Crippen LogP contribution in [0, 0.1) is 0 Å². The molecule has 0 aromatic heterocycles. The SMILES string of the molecule is O=S(=O)(O)CCCCCNc1ccccc1.[H-].[Na+]. The molecule has 0 aliphatic heterocycles. The summed E-state index contributed by atoms with van der Waals surface area (Å²) in [5.41, 5.74) is 1.07. The molecule has 0 heterocycles. The van der Waals surface area contributed by atoms with Gasteiger partial charge in [0.05, 0.1) is 5.75 Å². The van der Waals surface area contributed by atoms with Crippen LogP contribution >= 0.6 is 0 Å². The monoisotopic (exact) mass is 267 g/mol. The van der Waals surface area contributed by atoms with Crippen molar-refractivity contribution in [2.45, 2.75) is 19.3 Å². The fourth-order valence-corrected chi connectivity index (χ4v) is 1.94. The Kier molecular flexibility index (Phi) is 8.90. The molecular weight excluding hydrogens is 249 g/mol. The van der Waals surface area contributed by atoms with Crippen molar-refractivity contribution in [1.82, 2.24) is 0 Å². The summed E-state index contributed by atoms with van der Waals surface area (Å²) in [6, 6.07) is 9.84. The van der Waals surface area contributed by atoms with Gasteiger partial charge in [0.15, 0.2) is 0 Å². The maximum atomic E-state index is 10.4. The number of nitrogens with one attached hydrogen (secondary N) is 1. The first-order valence-electron chi connectivity index (χ1n) is 5.32. The average Bonchev–Trinajstić information content (AvgIpc) is 2.23. The van der Waals surface area contributed by atoms with E-state index in [0.29, 0.717) is 6.42 Å². The molecule has 17 heavy (non-hydrogen) atoms. The molecule has 0 radical (unpaired) electrons. The van der Waals surface area contributed by atoms with Gasteiger partial charge in [-0.05, 0) is 25.0 Å². The van der Waals surface area contributed by atoms with Crippen LogP contribution in [0.3, 0.4) is 0 Å². The van der Waals surface area contributed by atoms with E-state index in [1.807, 2.05) is 30.3 Å². The third-order valence-electron chi connectivity index (χ3n) is 2.18. The van der Waals surface area contributed by atoms with E-state index in [-0.39, 0.29) is 36.7 Å². The molecule has 0 amide bonds. The molecule has 1 rings (SSSR count). The average molecular weight is 267 g/mol. The Morgan fingerprint density at radius 3 is 2.35 bits per heavy atom. The van der Waals surface area contributed by atoms with Crippen LogP contribution in [0.15, 0.2) is 30.3 Å². The minimum absolute atomic E-state index is 0. The van der Waals surface area contributed by atoms with Crippen LogP contribution < -0.4 is 34.9 Å². The third-order valence-corrected chi connectivity index (χ3v) is 2.99. The van der Waals surface area contributed by atoms with Crippen molar-refractivity contribution in [2.75, 3.05) is 17.6 Å². The van der Waals surface area contributed by atoms with Crippen LogP contribution in [0.5, 0.6) is 0 Å². The van der Waals surface area contributed by atoms with Crippen LogP contribution in [-0.4, -0.2) is 25.3 Å². The molecule has 2 N–H and O–H groups in total. The van der Waals surface area contributed by atoms with Crippen molar-refractivity contribution in [3.63, 3.8) is 0 Å². The summed E-state index contributed by atoms with van der Waals surface area (Å²) in [4.78, 5) is 0. The number of benzene rings is 1. The summed E-state index contributed by atoms with van der Waals surface area (Å²) < 4.78 is 29.4. The molecule has 0 saturated heterocycles. The minimum atomic E-state index is -3.78. The van der Waals surface area contributed by atoms with E-state index >= 15 is 0 Å². The summed E-state index contributed by atoms with van der Waals surface area (Å²) in [5, 5.41) is 3.23. The van der Waals surface area contributed by atoms with Gasteiger partial charge in [-0.2, -0.15) is 8.42 Å². The van der Waals surface area contributed by atoms with E-state index in [1.54, 1.807) is 0 Å². The van der Waals surface area contributed by atoms with Gasteiger partial charge >= 0.3 is 29.6 Å². The van der Waals surface area contributed by atoms with Crippen LogP contribution in [0.25, 0.3) is 0 Å². The van der Waals surface area contributed by atoms with Crippen molar-refractivity contribution in [3.05, 3.63) is 30.3 Å². The van der Waals surface area contributed by atoms with E-state index in [4.69, 9.17) is 4.55 Å². The Hall–Kier alpha value is -0.0700. The summed E-state index contributed by atoms with van der Waals surface area (Å²) in [7, 11) is -3.78. The smallest absolute Gasteiger partial charge is 1.00 e. The quantitative estimate of drug-likeness (QED) is 0.388. The van der Waals surface area contributed by atoms with Crippen LogP contribution in [-0.2, 0) is 10.1 Å². The summed E-state index contributed by atoms with van der Waals surface area (Å²) in [6.07, 6.45) is 2.19. The largest absolute Gasteiger partial charge is 1.00 e. The fourth-order valence-electron chi connectivity index (χ4n) is 1.37. The summed E-state index contributed by atoms with van der Waals surface area (Å²) in [5.74, 6) is -0.141. The van der Waals surface area contributed by atoms with Gasteiger partial charge < -0.3 is 6.74 Å². The molecule has 0 saturated carbocycles. The van der Waals surface area contributed by atoms with Crippen LogP contribution in [0.4, 0.5) is 5.69 Å². The normalized spacial score (nSPS) is 10.6. The van der Waals surface area contributed by atoms with Gasteiger partial charge in [0.25, 0.3) is 10.1 Å². The van der Waals surface area contributed by atoms with Gasteiger partial charge in [-0.25, -0.2) is 0 Å². The molecule has 0 aliphatic carbocycles. The first kappa shape index (κ1) is 16.9. The number of hydrogen-bond acceptors (Lipinski definition) is 3. The van der Waals surface area contributed by atoms with E-state index in [9.17, 15) is 8.42 Å². The Bertz CT molecular complexity index is 400. The second kappa shape index (κ2) is 8.94. The number of hydrogen-bond donors (Lipinski definition) is 2. The van der Waals surface area contributed by atoms with Gasteiger partial charge in [0.2, 0.25) is 0 Å². The number of unbranched alkanes of at least 4 members (excludes halogenated alkanes) is 2. The first-order valence-corrected chi connectivity index (χ1v) is 6.93. The van der Waals surface area contributed by atoms with Crippen LogP contribution in [0.2, 0.25) is 0 Å². The zero-order valence-electron chi connectivity index (χ0n) is 11.1.